The molecule has 0 saturated heterocycles. The van der Waals surface area contributed by atoms with Gasteiger partial charge in [0.1, 0.15) is 5.15 Å². The van der Waals surface area contributed by atoms with E-state index in [0.29, 0.717) is 6.20 Å². The van der Waals surface area contributed by atoms with Crippen molar-refractivity contribution in [3.63, 3.8) is 0 Å². The molecule has 0 aromatic carbocycles. The lowest BCUT2D eigenvalue weighted by Gasteiger charge is -2.13. The van der Waals surface area contributed by atoms with Crippen molar-refractivity contribution in [2.75, 3.05) is 6.61 Å². The number of aromatic nitrogens is 1. The summed E-state index contributed by atoms with van der Waals surface area (Å²) in [6.45, 7) is 1.38. The summed E-state index contributed by atoms with van der Waals surface area (Å²) in [6.07, 6.45) is -4.32. The molecule has 0 radical (unpaired) electrons. The first-order valence-electron chi connectivity index (χ1n) is 4.37. The molecule has 0 spiro atoms. The summed E-state index contributed by atoms with van der Waals surface area (Å²) < 4.78 is 42.3. The lowest BCUT2D eigenvalue weighted by Crippen LogP contribution is -2.16. The molecule has 0 amide bonds. The normalized spacial score (nSPS) is 11.4. The largest absolute Gasteiger partial charge is 0.462 e. The van der Waals surface area contributed by atoms with Gasteiger partial charge in [0, 0.05) is 6.20 Å². The van der Waals surface area contributed by atoms with Crippen molar-refractivity contribution in [1.29, 1.82) is 0 Å². The Hall–Kier alpha value is -1.01. The second-order valence-corrected chi connectivity index (χ2v) is 3.61. The lowest BCUT2D eigenvalue weighted by molar-refractivity contribution is -0.138. The number of rotatable bonds is 2. The fourth-order valence-corrected chi connectivity index (χ4v) is 1.45. The van der Waals surface area contributed by atoms with E-state index in [-0.39, 0.29) is 11.8 Å². The van der Waals surface area contributed by atoms with Gasteiger partial charge in [-0.2, -0.15) is 13.2 Å². The zero-order valence-corrected chi connectivity index (χ0v) is 9.95. The summed E-state index contributed by atoms with van der Waals surface area (Å²) in [4.78, 5) is 14.6. The summed E-state index contributed by atoms with van der Waals surface area (Å²) in [5.74, 6) is -1.19. The number of carbonyl (C=O) groups excluding carboxylic acids is 1. The minimum Gasteiger partial charge on any atom is -0.462 e. The molecule has 1 rings (SSSR count). The standard InChI is InChI=1S/C9H6Cl2F3NO2/c1-2-17-8(16)5-4(9(12,13)14)3-15-7(11)6(5)10/h3H,2H2,1H3. The highest BCUT2D eigenvalue weighted by atomic mass is 35.5. The maximum Gasteiger partial charge on any atom is 0.418 e. The zero-order chi connectivity index (χ0) is 13.2. The molecule has 0 N–H and O–H groups in total. The fraction of sp³-hybridized carbons (Fsp3) is 0.333. The Bertz CT molecular complexity index is 449. The van der Waals surface area contributed by atoms with Crippen LogP contribution in [0, 0.1) is 0 Å². The maximum atomic E-state index is 12.6. The molecule has 0 unspecified atom stereocenters. The van der Waals surface area contributed by atoms with Crippen LogP contribution in [0.3, 0.4) is 0 Å². The van der Waals surface area contributed by atoms with Crippen molar-refractivity contribution in [3.05, 3.63) is 27.5 Å². The minimum absolute atomic E-state index is 0.0770. The Kier molecular flexibility index (Phi) is 4.21. The number of pyridine rings is 1. The van der Waals surface area contributed by atoms with Gasteiger partial charge in [-0.05, 0) is 6.92 Å². The number of alkyl halides is 3. The van der Waals surface area contributed by atoms with E-state index in [1.807, 2.05) is 0 Å². The molecular formula is C9H6Cl2F3NO2. The molecule has 0 aliphatic rings. The van der Waals surface area contributed by atoms with Crippen molar-refractivity contribution in [1.82, 2.24) is 4.98 Å². The van der Waals surface area contributed by atoms with Gasteiger partial charge in [0.15, 0.2) is 0 Å². The van der Waals surface area contributed by atoms with Crippen LogP contribution in [0.4, 0.5) is 13.2 Å². The number of carbonyl (C=O) groups is 1. The smallest absolute Gasteiger partial charge is 0.418 e. The third-order valence-corrected chi connectivity index (χ3v) is 2.51. The van der Waals surface area contributed by atoms with Crippen LogP contribution in [-0.4, -0.2) is 17.6 Å². The summed E-state index contributed by atoms with van der Waals surface area (Å²) in [5, 5.41) is -0.956. The second kappa shape index (κ2) is 5.10. The van der Waals surface area contributed by atoms with Gasteiger partial charge in [-0.1, -0.05) is 23.2 Å². The molecule has 0 saturated carbocycles. The first kappa shape index (κ1) is 14.1. The number of hydrogen-bond donors (Lipinski definition) is 0. The minimum atomic E-state index is -4.76. The third-order valence-electron chi connectivity index (χ3n) is 1.76. The predicted molar refractivity (Wildman–Crippen MR) is 55.2 cm³/mol. The van der Waals surface area contributed by atoms with E-state index < -0.39 is 28.3 Å². The average molecular weight is 288 g/mol. The molecule has 1 heterocycles. The van der Waals surface area contributed by atoms with Crippen molar-refractivity contribution in [2.45, 2.75) is 13.1 Å². The van der Waals surface area contributed by atoms with E-state index in [4.69, 9.17) is 23.2 Å². The van der Waals surface area contributed by atoms with Gasteiger partial charge in [0.2, 0.25) is 0 Å². The first-order valence-corrected chi connectivity index (χ1v) is 5.13. The van der Waals surface area contributed by atoms with E-state index in [2.05, 4.69) is 9.72 Å². The molecule has 8 heteroatoms. The SMILES string of the molecule is CCOC(=O)c1c(C(F)(F)F)cnc(Cl)c1Cl. The quantitative estimate of drug-likeness (QED) is 0.616. The van der Waals surface area contributed by atoms with E-state index in [9.17, 15) is 18.0 Å². The number of nitrogens with zero attached hydrogens (tertiary/aromatic N) is 1. The topological polar surface area (TPSA) is 39.2 Å². The van der Waals surface area contributed by atoms with Crippen molar-refractivity contribution in [2.24, 2.45) is 0 Å². The average Bonchev–Trinajstić information content (AvgIpc) is 2.20. The molecule has 0 atom stereocenters. The van der Waals surface area contributed by atoms with E-state index in [1.54, 1.807) is 0 Å². The van der Waals surface area contributed by atoms with Gasteiger partial charge < -0.3 is 4.74 Å². The zero-order valence-electron chi connectivity index (χ0n) is 8.44. The molecule has 1 aromatic heterocycles. The molecule has 0 fully saturated rings. The van der Waals surface area contributed by atoms with Gasteiger partial charge in [-0.25, -0.2) is 9.78 Å². The van der Waals surface area contributed by atoms with Gasteiger partial charge in [0.25, 0.3) is 0 Å². The second-order valence-electron chi connectivity index (χ2n) is 2.87. The number of halogens is 5. The Labute approximate surface area is 104 Å². The monoisotopic (exact) mass is 287 g/mol. The van der Waals surface area contributed by atoms with Crippen LogP contribution < -0.4 is 0 Å². The molecule has 0 bridgehead atoms. The molecule has 94 valence electrons. The van der Waals surface area contributed by atoms with Crippen LogP contribution in [0.25, 0.3) is 0 Å². The van der Waals surface area contributed by atoms with E-state index >= 15 is 0 Å². The number of ether oxygens (including phenoxy) is 1. The van der Waals surface area contributed by atoms with Crippen molar-refractivity contribution >= 4 is 29.2 Å². The van der Waals surface area contributed by atoms with Crippen LogP contribution in [0.1, 0.15) is 22.8 Å². The first-order chi connectivity index (χ1) is 7.79. The van der Waals surface area contributed by atoms with E-state index in [0.717, 1.165) is 0 Å². The van der Waals surface area contributed by atoms with Crippen LogP contribution in [0.15, 0.2) is 6.20 Å². The van der Waals surface area contributed by atoms with Crippen LogP contribution >= 0.6 is 23.2 Å². The fourth-order valence-electron chi connectivity index (χ4n) is 1.08. The molecule has 0 aliphatic heterocycles. The summed E-state index contributed by atoms with van der Waals surface area (Å²) in [7, 11) is 0. The Morgan fingerprint density at radius 2 is 2.06 bits per heavy atom. The van der Waals surface area contributed by atoms with Gasteiger partial charge in [-0.3, -0.25) is 0 Å². The Morgan fingerprint density at radius 3 is 2.53 bits per heavy atom. The van der Waals surface area contributed by atoms with Crippen LogP contribution in [-0.2, 0) is 10.9 Å². The van der Waals surface area contributed by atoms with E-state index in [1.165, 1.54) is 6.92 Å². The predicted octanol–water partition coefficient (Wildman–Crippen LogP) is 3.58. The van der Waals surface area contributed by atoms with Gasteiger partial charge >= 0.3 is 12.1 Å². The van der Waals surface area contributed by atoms with Crippen LogP contribution in [0.5, 0.6) is 0 Å². The summed E-state index contributed by atoms with van der Waals surface area (Å²) >= 11 is 11.0. The van der Waals surface area contributed by atoms with Gasteiger partial charge in [-0.15, -0.1) is 0 Å². The van der Waals surface area contributed by atoms with Gasteiger partial charge in [0.05, 0.1) is 22.8 Å². The maximum absolute atomic E-state index is 12.6. The molecular weight excluding hydrogens is 282 g/mol. The molecule has 0 aliphatic carbocycles. The lowest BCUT2D eigenvalue weighted by atomic mass is 10.1. The van der Waals surface area contributed by atoms with Crippen molar-refractivity contribution in [3.8, 4) is 0 Å². The highest BCUT2D eigenvalue weighted by molar-refractivity contribution is 6.43. The molecule has 3 nitrogen and oxygen atoms in total. The van der Waals surface area contributed by atoms with Crippen molar-refractivity contribution < 1.29 is 22.7 Å². The molecule has 17 heavy (non-hydrogen) atoms. The number of esters is 1. The highest BCUT2D eigenvalue weighted by Crippen LogP contribution is 2.37. The molecule has 1 aromatic rings. The summed E-state index contributed by atoms with van der Waals surface area (Å²) in [6, 6.07) is 0. The number of hydrogen-bond acceptors (Lipinski definition) is 3. The van der Waals surface area contributed by atoms with Crippen LogP contribution in [0.2, 0.25) is 10.2 Å². The Balaban J connectivity index is 3.42. The summed E-state index contributed by atoms with van der Waals surface area (Å²) in [5.41, 5.74) is -2.09. The Morgan fingerprint density at radius 1 is 1.47 bits per heavy atom. The third kappa shape index (κ3) is 3.01. The highest BCUT2D eigenvalue weighted by Gasteiger charge is 2.38.